The van der Waals surface area contributed by atoms with Crippen LogP contribution in [0.5, 0.6) is 0 Å². The monoisotopic (exact) mass is 247 g/mol. The molecule has 0 aromatic heterocycles. The molecule has 98 valence electrons. The van der Waals surface area contributed by atoms with Gasteiger partial charge in [-0.1, -0.05) is 44.4 Å². The summed E-state index contributed by atoms with van der Waals surface area (Å²) in [6.07, 6.45) is 4.76. The van der Waals surface area contributed by atoms with Gasteiger partial charge in [0, 0.05) is 5.69 Å². The van der Waals surface area contributed by atoms with E-state index in [1.165, 1.54) is 0 Å². The van der Waals surface area contributed by atoms with Gasteiger partial charge in [-0.3, -0.25) is 0 Å². The summed E-state index contributed by atoms with van der Waals surface area (Å²) in [5, 5.41) is 13.0. The van der Waals surface area contributed by atoms with Crippen molar-refractivity contribution in [3.63, 3.8) is 0 Å². The maximum atomic E-state index is 11.8. The lowest BCUT2D eigenvalue weighted by Crippen LogP contribution is -2.54. The molecule has 0 amide bonds. The van der Waals surface area contributed by atoms with Crippen LogP contribution in [0.25, 0.3) is 0 Å². The zero-order chi connectivity index (χ0) is 13.0. The molecule has 3 nitrogen and oxygen atoms in total. The number of benzene rings is 1. The molecule has 1 aromatic carbocycles. The number of carbonyl (C=O) groups is 1. The van der Waals surface area contributed by atoms with E-state index in [4.69, 9.17) is 0 Å². The Hall–Kier alpha value is -1.51. The number of carboxylic acid groups (broad SMARTS) is 1. The molecule has 0 heterocycles. The molecule has 0 spiro atoms. The van der Waals surface area contributed by atoms with Crippen molar-refractivity contribution in [1.29, 1.82) is 0 Å². The van der Waals surface area contributed by atoms with E-state index in [2.05, 4.69) is 12.2 Å². The Labute approximate surface area is 108 Å². The van der Waals surface area contributed by atoms with Crippen LogP contribution in [0.2, 0.25) is 0 Å². The SMILES string of the molecule is CCC1CCCCC1(Nc1ccccc1)C(=O)O. The van der Waals surface area contributed by atoms with Crippen LogP contribution < -0.4 is 5.32 Å². The van der Waals surface area contributed by atoms with Gasteiger partial charge in [-0.25, -0.2) is 4.79 Å². The standard InChI is InChI=1S/C15H21NO2/c1-2-12-8-6-7-11-15(12,14(17)18)16-13-9-4-3-5-10-13/h3-5,9-10,12,16H,2,6-8,11H2,1H3,(H,17,18). The zero-order valence-electron chi connectivity index (χ0n) is 10.9. The first kappa shape index (κ1) is 12.9. The Morgan fingerprint density at radius 3 is 2.72 bits per heavy atom. The van der Waals surface area contributed by atoms with Gasteiger partial charge in [-0.2, -0.15) is 0 Å². The van der Waals surface area contributed by atoms with Gasteiger partial charge in [-0.15, -0.1) is 0 Å². The summed E-state index contributed by atoms with van der Waals surface area (Å²) in [5.74, 6) is -0.498. The number of anilines is 1. The Kier molecular flexibility index (Phi) is 3.90. The second-order valence-corrected chi connectivity index (χ2v) is 5.12. The number of aliphatic carboxylic acids is 1. The maximum Gasteiger partial charge on any atom is 0.329 e. The van der Waals surface area contributed by atoms with Crippen molar-refractivity contribution in [2.45, 2.75) is 44.6 Å². The Morgan fingerprint density at radius 2 is 2.11 bits per heavy atom. The van der Waals surface area contributed by atoms with E-state index in [1.54, 1.807) is 0 Å². The number of hydrogen-bond donors (Lipinski definition) is 2. The first-order chi connectivity index (χ1) is 8.69. The van der Waals surface area contributed by atoms with Gasteiger partial charge in [0.15, 0.2) is 0 Å². The third-order valence-corrected chi connectivity index (χ3v) is 4.09. The molecule has 18 heavy (non-hydrogen) atoms. The second kappa shape index (κ2) is 5.42. The van der Waals surface area contributed by atoms with Crippen molar-refractivity contribution in [2.75, 3.05) is 5.32 Å². The number of carboxylic acids is 1. The van der Waals surface area contributed by atoms with Gasteiger partial charge in [0.1, 0.15) is 5.54 Å². The minimum atomic E-state index is -0.783. The van der Waals surface area contributed by atoms with E-state index in [0.717, 1.165) is 37.8 Å². The van der Waals surface area contributed by atoms with Crippen molar-refractivity contribution >= 4 is 11.7 Å². The first-order valence-electron chi connectivity index (χ1n) is 6.75. The largest absolute Gasteiger partial charge is 0.479 e. The molecule has 1 aromatic rings. The third kappa shape index (κ3) is 2.35. The zero-order valence-corrected chi connectivity index (χ0v) is 10.9. The van der Waals surface area contributed by atoms with Crippen LogP contribution in [0.3, 0.4) is 0 Å². The molecule has 0 radical (unpaired) electrons. The second-order valence-electron chi connectivity index (χ2n) is 5.12. The molecule has 3 heteroatoms. The van der Waals surface area contributed by atoms with E-state index in [9.17, 15) is 9.90 Å². The molecule has 0 aliphatic heterocycles. The molecular formula is C15H21NO2. The Bertz CT molecular complexity index is 404. The topological polar surface area (TPSA) is 49.3 Å². The average Bonchev–Trinajstić information content (AvgIpc) is 2.40. The van der Waals surface area contributed by atoms with Crippen LogP contribution in [0.1, 0.15) is 39.0 Å². The van der Waals surface area contributed by atoms with Crippen LogP contribution in [-0.4, -0.2) is 16.6 Å². The molecule has 2 unspecified atom stereocenters. The lowest BCUT2D eigenvalue weighted by molar-refractivity contribution is -0.145. The van der Waals surface area contributed by atoms with E-state index >= 15 is 0 Å². The summed E-state index contributed by atoms with van der Waals surface area (Å²) < 4.78 is 0. The normalized spacial score (nSPS) is 27.7. The maximum absolute atomic E-state index is 11.8. The number of nitrogens with one attached hydrogen (secondary N) is 1. The average molecular weight is 247 g/mol. The first-order valence-corrected chi connectivity index (χ1v) is 6.75. The molecule has 2 N–H and O–H groups in total. The highest BCUT2D eigenvalue weighted by Crippen LogP contribution is 2.38. The van der Waals surface area contributed by atoms with Crippen molar-refractivity contribution in [2.24, 2.45) is 5.92 Å². The van der Waals surface area contributed by atoms with E-state index in [0.29, 0.717) is 0 Å². The summed E-state index contributed by atoms with van der Waals surface area (Å²) in [6.45, 7) is 2.08. The number of hydrogen-bond acceptors (Lipinski definition) is 2. The highest BCUT2D eigenvalue weighted by molar-refractivity contribution is 5.83. The van der Waals surface area contributed by atoms with Crippen molar-refractivity contribution in [1.82, 2.24) is 0 Å². The lowest BCUT2D eigenvalue weighted by Gasteiger charge is -2.41. The minimum Gasteiger partial charge on any atom is -0.479 e. The summed E-state index contributed by atoms with van der Waals surface area (Å²) >= 11 is 0. The van der Waals surface area contributed by atoms with Gasteiger partial charge in [0.25, 0.3) is 0 Å². The molecule has 1 saturated carbocycles. The Morgan fingerprint density at radius 1 is 1.39 bits per heavy atom. The molecule has 0 bridgehead atoms. The third-order valence-electron chi connectivity index (χ3n) is 4.09. The molecule has 0 saturated heterocycles. The van der Waals surface area contributed by atoms with Crippen LogP contribution >= 0.6 is 0 Å². The van der Waals surface area contributed by atoms with Crippen molar-refractivity contribution in [3.05, 3.63) is 30.3 Å². The molecule has 2 atom stereocenters. The highest BCUT2D eigenvalue weighted by Gasteiger charge is 2.46. The van der Waals surface area contributed by atoms with E-state index in [-0.39, 0.29) is 5.92 Å². The summed E-state index contributed by atoms with van der Waals surface area (Å²) in [6, 6.07) is 9.68. The summed E-state index contributed by atoms with van der Waals surface area (Å²) in [7, 11) is 0. The summed E-state index contributed by atoms with van der Waals surface area (Å²) in [4.78, 5) is 11.8. The van der Waals surface area contributed by atoms with Gasteiger partial charge < -0.3 is 10.4 Å². The van der Waals surface area contributed by atoms with Crippen molar-refractivity contribution in [3.8, 4) is 0 Å². The quantitative estimate of drug-likeness (QED) is 0.855. The lowest BCUT2D eigenvalue weighted by atomic mass is 9.71. The highest BCUT2D eigenvalue weighted by atomic mass is 16.4. The molecule has 2 rings (SSSR count). The van der Waals surface area contributed by atoms with Crippen LogP contribution in [0, 0.1) is 5.92 Å². The fraction of sp³-hybridized carbons (Fsp3) is 0.533. The molecular weight excluding hydrogens is 226 g/mol. The van der Waals surface area contributed by atoms with Gasteiger partial charge in [-0.05, 0) is 30.9 Å². The van der Waals surface area contributed by atoms with Gasteiger partial charge in [0.2, 0.25) is 0 Å². The van der Waals surface area contributed by atoms with Crippen molar-refractivity contribution < 1.29 is 9.90 Å². The predicted molar refractivity (Wildman–Crippen MR) is 72.7 cm³/mol. The Balaban J connectivity index is 2.28. The fourth-order valence-electron chi connectivity index (χ4n) is 3.08. The van der Waals surface area contributed by atoms with Crippen LogP contribution in [0.4, 0.5) is 5.69 Å². The van der Waals surface area contributed by atoms with Gasteiger partial charge in [0.05, 0.1) is 0 Å². The molecule has 1 aliphatic carbocycles. The number of para-hydroxylation sites is 1. The van der Waals surface area contributed by atoms with E-state index in [1.807, 2.05) is 30.3 Å². The summed E-state index contributed by atoms with van der Waals surface area (Å²) in [5.41, 5.74) is 0.120. The van der Waals surface area contributed by atoms with Crippen LogP contribution in [-0.2, 0) is 4.79 Å². The van der Waals surface area contributed by atoms with Crippen LogP contribution in [0.15, 0.2) is 30.3 Å². The van der Waals surface area contributed by atoms with Gasteiger partial charge >= 0.3 is 5.97 Å². The minimum absolute atomic E-state index is 0.212. The fourth-order valence-corrected chi connectivity index (χ4v) is 3.08. The number of rotatable bonds is 4. The molecule has 1 aliphatic rings. The predicted octanol–water partition coefficient (Wildman–Crippen LogP) is 3.52. The smallest absolute Gasteiger partial charge is 0.329 e. The molecule has 1 fully saturated rings. The van der Waals surface area contributed by atoms with E-state index < -0.39 is 11.5 Å².